The number of unbranched alkanes of at least 4 members (excludes halogenated alkanes) is 2. The minimum Gasteiger partial charge on any atom is -0.354 e. The molecule has 0 spiro atoms. The van der Waals surface area contributed by atoms with Gasteiger partial charge in [0.25, 0.3) is 5.91 Å². The van der Waals surface area contributed by atoms with E-state index in [2.05, 4.69) is 27.5 Å². The quantitative estimate of drug-likeness (QED) is 0.760. The maximum atomic E-state index is 12.4. The second-order valence-corrected chi connectivity index (χ2v) is 5.67. The Morgan fingerprint density at radius 2 is 1.83 bits per heavy atom. The number of rotatable bonds is 7. The van der Waals surface area contributed by atoms with E-state index in [0.29, 0.717) is 11.6 Å². The molecule has 5 heteroatoms. The van der Waals surface area contributed by atoms with Crippen molar-refractivity contribution in [2.24, 2.45) is 0 Å². The lowest BCUT2D eigenvalue weighted by Crippen LogP contribution is -2.16. The van der Waals surface area contributed by atoms with Crippen molar-refractivity contribution < 1.29 is 4.79 Å². The van der Waals surface area contributed by atoms with Gasteiger partial charge in [-0.1, -0.05) is 37.5 Å². The van der Waals surface area contributed by atoms with Crippen molar-refractivity contribution in [1.82, 2.24) is 9.97 Å². The number of carbonyl (C=O) groups excluding carboxylic acids is 1. The number of aryl methyl sites for hydroxylation is 2. The van der Waals surface area contributed by atoms with Crippen molar-refractivity contribution >= 4 is 17.5 Å². The van der Waals surface area contributed by atoms with Gasteiger partial charge in [0, 0.05) is 17.9 Å². The Bertz CT molecular complexity index is 653. The van der Waals surface area contributed by atoms with Crippen LogP contribution in [0.1, 0.15) is 47.9 Å². The van der Waals surface area contributed by atoms with Gasteiger partial charge in [-0.05, 0) is 38.5 Å². The Balaban J connectivity index is 2.04. The molecule has 0 atom stereocenters. The number of benzene rings is 1. The number of anilines is 2. The van der Waals surface area contributed by atoms with E-state index < -0.39 is 0 Å². The molecule has 1 aromatic heterocycles. The number of hydrogen-bond acceptors (Lipinski definition) is 4. The van der Waals surface area contributed by atoms with Crippen LogP contribution in [0.25, 0.3) is 0 Å². The first-order valence-corrected chi connectivity index (χ1v) is 8.06. The van der Waals surface area contributed by atoms with Gasteiger partial charge in [0.15, 0.2) is 0 Å². The highest BCUT2D eigenvalue weighted by atomic mass is 16.1. The first-order valence-electron chi connectivity index (χ1n) is 8.06. The zero-order valence-electron chi connectivity index (χ0n) is 14.0. The molecule has 0 saturated heterocycles. The van der Waals surface area contributed by atoms with E-state index in [1.807, 2.05) is 38.1 Å². The summed E-state index contributed by atoms with van der Waals surface area (Å²) in [7, 11) is 0. The van der Waals surface area contributed by atoms with E-state index in [9.17, 15) is 4.79 Å². The molecule has 1 amide bonds. The van der Waals surface area contributed by atoms with Crippen molar-refractivity contribution in [2.75, 3.05) is 17.2 Å². The Morgan fingerprint density at radius 3 is 2.52 bits per heavy atom. The largest absolute Gasteiger partial charge is 0.354 e. The zero-order chi connectivity index (χ0) is 16.7. The fraction of sp³-hybridized carbons (Fsp3) is 0.389. The molecular formula is C18H24N4O. The van der Waals surface area contributed by atoms with Gasteiger partial charge in [0.1, 0.15) is 5.69 Å². The van der Waals surface area contributed by atoms with Gasteiger partial charge < -0.3 is 10.6 Å². The molecule has 23 heavy (non-hydrogen) atoms. The minimum atomic E-state index is -0.226. The summed E-state index contributed by atoms with van der Waals surface area (Å²) >= 11 is 0. The molecule has 0 fully saturated rings. The third-order valence-corrected chi connectivity index (χ3v) is 3.46. The molecule has 0 aliphatic heterocycles. The summed E-state index contributed by atoms with van der Waals surface area (Å²) in [5.41, 5.74) is 3.05. The van der Waals surface area contributed by atoms with Gasteiger partial charge in [-0.3, -0.25) is 4.79 Å². The molecule has 1 heterocycles. The summed E-state index contributed by atoms with van der Waals surface area (Å²) in [5.74, 6) is 0.283. The van der Waals surface area contributed by atoms with E-state index in [4.69, 9.17) is 0 Å². The highest BCUT2D eigenvalue weighted by Gasteiger charge is 2.11. The van der Waals surface area contributed by atoms with Gasteiger partial charge in [-0.2, -0.15) is 0 Å². The Kier molecular flexibility index (Phi) is 6.09. The number of aromatic nitrogens is 2. The second-order valence-electron chi connectivity index (χ2n) is 5.67. The lowest BCUT2D eigenvalue weighted by molar-refractivity contribution is 0.102. The molecule has 0 bridgehead atoms. The van der Waals surface area contributed by atoms with Gasteiger partial charge in [-0.15, -0.1) is 0 Å². The number of nitrogens with one attached hydrogen (secondary N) is 2. The molecule has 1 aromatic carbocycles. The Hall–Kier alpha value is -2.43. The van der Waals surface area contributed by atoms with Crippen LogP contribution < -0.4 is 10.6 Å². The summed E-state index contributed by atoms with van der Waals surface area (Å²) < 4.78 is 0. The van der Waals surface area contributed by atoms with Crippen LogP contribution in [0.4, 0.5) is 11.6 Å². The van der Waals surface area contributed by atoms with Crippen molar-refractivity contribution in [3.63, 3.8) is 0 Å². The van der Waals surface area contributed by atoms with Gasteiger partial charge in [0.2, 0.25) is 5.95 Å². The topological polar surface area (TPSA) is 66.9 Å². The van der Waals surface area contributed by atoms with Crippen molar-refractivity contribution in [1.29, 1.82) is 0 Å². The van der Waals surface area contributed by atoms with Crippen molar-refractivity contribution in [2.45, 2.75) is 40.0 Å². The number of amides is 1. The number of hydrogen-bond donors (Lipinski definition) is 2. The van der Waals surface area contributed by atoms with Gasteiger partial charge in [-0.25, -0.2) is 9.97 Å². The third-order valence-electron chi connectivity index (χ3n) is 3.46. The molecule has 2 aromatic rings. The molecule has 0 aliphatic rings. The van der Waals surface area contributed by atoms with Gasteiger partial charge in [0.05, 0.1) is 0 Å². The van der Waals surface area contributed by atoms with E-state index in [1.54, 1.807) is 6.07 Å². The zero-order valence-corrected chi connectivity index (χ0v) is 14.0. The Morgan fingerprint density at radius 1 is 1.09 bits per heavy atom. The normalized spacial score (nSPS) is 10.4. The van der Waals surface area contributed by atoms with Crippen LogP contribution in [0.2, 0.25) is 0 Å². The highest BCUT2D eigenvalue weighted by molar-refractivity contribution is 6.03. The second kappa shape index (κ2) is 8.27. The summed E-state index contributed by atoms with van der Waals surface area (Å²) in [6.07, 6.45) is 3.40. The van der Waals surface area contributed by atoms with Crippen LogP contribution >= 0.6 is 0 Å². The molecule has 0 unspecified atom stereocenters. The Labute approximate surface area is 137 Å². The average molecular weight is 312 g/mol. The van der Waals surface area contributed by atoms with E-state index >= 15 is 0 Å². The molecule has 2 N–H and O–H groups in total. The van der Waals surface area contributed by atoms with E-state index in [1.165, 1.54) is 12.8 Å². The lowest BCUT2D eigenvalue weighted by Gasteiger charge is -2.09. The predicted octanol–water partition coefficient (Wildman–Crippen LogP) is 3.95. The van der Waals surface area contributed by atoms with Crippen LogP contribution in [0, 0.1) is 13.8 Å². The first-order chi connectivity index (χ1) is 11.1. The van der Waals surface area contributed by atoms with E-state index in [0.717, 1.165) is 29.9 Å². The van der Waals surface area contributed by atoms with Crippen LogP contribution in [0.5, 0.6) is 0 Å². The molecule has 0 radical (unpaired) electrons. The van der Waals surface area contributed by atoms with Gasteiger partial charge >= 0.3 is 0 Å². The van der Waals surface area contributed by atoms with Crippen LogP contribution in [0.15, 0.2) is 30.3 Å². The summed E-state index contributed by atoms with van der Waals surface area (Å²) in [6.45, 7) is 6.85. The van der Waals surface area contributed by atoms with Crippen LogP contribution in [-0.2, 0) is 0 Å². The van der Waals surface area contributed by atoms with Crippen LogP contribution in [-0.4, -0.2) is 22.4 Å². The first kappa shape index (κ1) is 16.9. The third kappa shape index (κ3) is 5.36. The summed E-state index contributed by atoms with van der Waals surface area (Å²) in [5, 5.41) is 6.04. The summed E-state index contributed by atoms with van der Waals surface area (Å²) in [6, 6.07) is 9.38. The van der Waals surface area contributed by atoms with Crippen molar-refractivity contribution in [3.8, 4) is 0 Å². The molecule has 0 saturated carbocycles. The fourth-order valence-electron chi connectivity index (χ4n) is 2.17. The lowest BCUT2D eigenvalue weighted by atomic mass is 10.2. The predicted molar refractivity (Wildman–Crippen MR) is 93.9 cm³/mol. The fourth-order valence-corrected chi connectivity index (χ4v) is 2.17. The number of carbonyl (C=O) groups is 1. The number of nitrogens with zero attached hydrogens (tertiary/aromatic N) is 2. The minimum absolute atomic E-state index is 0.226. The molecule has 2 rings (SSSR count). The van der Waals surface area contributed by atoms with Crippen LogP contribution in [0.3, 0.4) is 0 Å². The molecular weight excluding hydrogens is 288 g/mol. The highest BCUT2D eigenvalue weighted by Crippen LogP contribution is 2.12. The maximum absolute atomic E-state index is 12.4. The average Bonchev–Trinajstić information content (AvgIpc) is 2.53. The summed E-state index contributed by atoms with van der Waals surface area (Å²) in [4.78, 5) is 21.0. The molecule has 5 nitrogen and oxygen atoms in total. The maximum Gasteiger partial charge on any atom is 0.274 e. The monoisotopic (exact) mass is 312 g/mol. The van der Waals surface area contributed by atoms with E-state index in [-0.39, 0.29) is 5.91 Å². The smallest absolute Gasteiger partial charge is 0.274 e. The van der Waals surface area contributed by atoms with Crippen molar-refractivity contribution in [3.05, 3.63) is 47.3 Å². The standard InChI is InChI=1S/C18H24N4O/c1-4-5-6-11-19-18-20-14(3)12-16(22-18)17(23)21-15-9-7-13(2)8-10-15/h7-10,12H,4-6,11H2,1-3H3,(H,21,23)(H,19,20,22). The molecule has 0 aliphatic carbocycles. The molecule has 122 valence electrons. The SMILES string of the molecule is CCCCCNc1nc(C)cc(C(=O)Nc2ccc(C)cc2)n1.